The fourth-order valence-electron chi connectivity index (χ4n) is 4.08. The van der Waals surface area contributed by atoms with Gasteiger partial charge in [-0.1, -0.05) is 68.3 Å². The number of hydrogen-bond donors (Lipinski definition) is 0. The van der Waals surface area contributed by atoms with Crippen LogP contribution in [0.15, 0.2) is 79.2 Å². The van der Waals surface area contributed by atoms with E-state index in [2.05, 4.69) is 31.9 Å². The first-order valence-corrected chi connectivity index (χ1v) is 12.4. The quantitative estimate of drug-likeness (QED) is 0.196. The molecule has 30 heavy (non-hydrogen) atoms. The molecule has 0 N–H and O–H groups in total. The van der Waals surface area contributed by atoms with E-state index in [9.17, 15) is 9.59 Å². The van der Waals surface area contributed by atoms with E-state index in [-0.39, 0.29) is 10.9 Å². The highest BCUT2D eigenvalue weighted by molar-refractivity contribution is 9.11. The third kappa shape index (κ3) is 2.51. The normalized spacial score (nSPS) is 13.1. The van der Waals surface area contributed by atoms with Crippen molar-refractivity contribution in [2.75, 3.05) is 0 Å². The summed E-state index contributed by atoms with van der Waals surface area (Å²) in [4.78, 5) is 27.0. The Morgan fingerprint density at radius 2 is 0.933 bits per heavy atom. The number of benzene rings is 4. The summed E-state index contributed by atoms with van der Waals surface area (Å²) >= 11 is 9.98. The van der Waals surface area contributed by atoms with Crippen molar-refractivity contribution in [1.82, 2.24) is 0 Å². The third-order valence-corrected chi connectivity index (χ3v) is 9.25. The minimum Gasteiger partial charge on any atom is -0.288 e. The molecule has 0 aliphatic heterocycles. The van der Waals surface area contributed by atoms with Crippen LogP contribution in [0.4, 0.5) is 0 Å². The van der Waals surface area contributed by atoms with Crippen LogP contribution in [0.2, 0.25) is 0 Å². The molecule has 0 bridgehead atoms. The summed E-state index contributed by atoms with van der Waals surface area (Å²) in [6, 6.07) is 19.5. The van der Waals surface area contributed by atoms with Gasteiger partial charge in [-0.3, -0.25) is 9.59 Å². The highest BCUT2D eigenvalue weighted by Crippen LogP contribution is 2.35. The molecule has 144 valence electrons. The van der Waals surface area contributed by atoms with Crippen LogP contribution < -0.4 is 10.9 Å². The van der Waals surface area contributed by atoms with Crippen molar-refractivity contribution in [3.63, 3.8) is 0 Å². The lowest BCUT2D eigenvalue weighted by Crippen LogP contribution is -2.08. The maximum Gasteiger partial charge on any atom is 0.205 e. The van der Waals surface area contributed by atoms with Gasteiger partial charge in [0, 0.05) is 39.9 Å². The SMILES string of the molecule is O=c1c(=c2sc3ccc(Br)c4cccc(c2=O)c34)sc2ccc(Br)c3cccc1c23. The Balaban J connectivity index is 1.95. The lowest BCUT2D eigenvalue weighted by Gasteiger charge is -2.07. The van der Waals surface area contributed by atoms with Crippen LogP contribution in [0, 0.1) is 9.06 Å². The van der Waals surface area contributed by atoms with Gasteiger partial charge in [0.2, 0.25) is 10.9 Å². The molecule has 0 saturated carbocycles. The standard InChI is InChI=1S/C24H10Br2O2S2/c25-15-7-9-17-19-11(15)3-1-5-13(19)21(27)23(29-17)24-22(28)14-6-2-4-12-16(26)8-10-18(30-24)20(12)14/h1-10H. The van der Waals surface area contributed by atoms with Crippen LogP contribution in [-0.2, 0) is 0 Å². The van der Waals surface area contributed by atoms with Crippen molar-refractivity contribution < 1.29 is 0 Å². The minimum atomic E-state index is -0.0835. The lowest BCUT2D eigenvalue weighted by atomic mass is 10.1. The molecule has 2 heterocycles. The molecule has 6 heteroatoms. The van der Waals surface area contributed by atoms with Crippen molar-refractivity contribution in [3.05, 3.63) is 99.1 Å². The van der Waals surface area contributed by atoms with Crippen LogP contribution in [0.3, 0.4) is 0 Å². The van der Waals surface area contributed by atoms with Crippen molar-refractivity contribution >= 4 is 96.3 Å². The molecule has 6 aromatic rings. The average Bonchev–Trinajstić information content (AvgIpc) is 2.77. The summed E-state index contributed by atoms with van der Waals surface area (Å²) in [7, 11) is 0. The van der Waals surface area contributed by atoms with Gasteiger partial charge in [0.15, 0.2) is 0 Å². The second-order valence-corrected chi connectivity index (χ2v) is 10.9. The van der Waals surface area contributed by atoms with Crippen LogP contribution in [0.1, 0.15) is 0 Å². The Kier molecular flexibility index (Phi) is 4.15. The Hall–Kier alpha value is -2.12. The molecule has 0 spiro atoms. The molecule has 0 unspecified atom stereocenters. The van der Waals surface area contributed by atoms with Crippen molar-refractivity contribution in [2.45, 2.75) is 0 Å². The predicted molar refractivity (Wildman–Crippen MR) is 135 cm³/mol. The molecule has 6 rings (SSSR count). The number of rotatable bonds is 0. The molecule has 4 aromatic carbocycles. The summed E-state index contributed by atoms with van der Waals surface area (Å²) in [6.07, 6.45) is 0. The monoisotopic (exact) mass is 552 g/mol. The van der Waals surface area contributed by atoms with Crippen LogP contribution in [-0.4, -0.2) is 0 Å². The van der Waals surface area contributed by atoms with E-state index in [1.54, 1.807) is 0 Å². The van der Waals surface area contributed by atoms with Gasteiger partial charge in [-0.2, -0.15) is 0 Å². The van der Waals surface area contributed by atoms with Gasteiger partial charge in [-0.15, -0.1) is 22.7 Å². The van der Waals surface area contributed by atoms with Crippen molar-refractivity contribution in [1.29, 1.82) is 0 Å². The third-order valence-electron chi connectivity index (χ3n) is 5.43. The molecular formula is C24H10Br2O2S2. The maximum atomic E-state index is 13.5. The second-order valence-electron chi connectivity index (χ2n) is 7.07. The molecule has 0 atom stereocenters. The fraction of sp³-hybridized carbons (Fsp3) is 0. The van der Waals surface area contributed by atoms with E-state index in [1.807, 2.05) is 60.7 Å². The van der Waals surface area contributed by atoms with E-state index in [0.717, 1.165) is 39.9 Å². The Labute approximate surface area is 194 Å². The molecule has 0 radical (unpaired) electrons. The maximum absolute atomic E-state index is 13.5. The number of halogens is 2. The zero-order chi connectivity index (χ0) is 20.6. The molecule has 0 aliphatic carbocycles. The van der Waals surface area contributed by atoms with Gasteiger partial charge in [0.25, 0.3) is 0 Å². The van der Waals surface area contributed by atoms with Crippen LogP contribution in [0.5, 0.6) is 0 Å². The molecule has 2 nitrogen and oxygen atoms in total. The molecular weight excluding hydrogens is 544 g/mol. The Bertz CT molecular complexity index is 1730. The van der Waals surface area contributed by atoms with Gasteiger partial charge >= 0.3 is 0 Å². The number of hydrogen-bond acceptors (Lipinski definition) is 4. The Morgan fingerprint density at radius 3 is 1.37 bits per heavy atom. The van der Waals surface area contributed by atoms with Gasteiger partial charge in [-0.05, 0) is 35.0 Å². The second kappa shape index (κ2) is 6.69. The molecule has 0 saturated heterocycles. The van der Waals surface area contributed by atoms with Gasteiger partial charge in [0.1, 0.15) is 0 Å². The van der Waals surface area contributed by atoms with Gasteiger partial charge in [0.05, 0.1) is 9.06 Å². The Morgan fingerprint density at radius 1 is 0.533 bits per heavy atom. The average molecular weight is 554 g/mol. The summed E-state index contributed by atoms with van der Waals surface area (Å²) in [5, 5.41) is 5.23. The zero-order valence-corrected chi connectivity index (χ0v) is 20.0. The van der Waals surface area contributed by atoms with Gasteiger partial charge in [-0.25, -0.2) is 0 Å². The summed E-state index contributed by atoms with van der Waals surface area (Å²) in [5.41, 5.74) is -0.167. The van der Waals surface area contributed by atoms with Crippen molar-refractivity contribution in [2.24, 2.45) is 0 Å². The highest BCUT2D eigenvalue weighted by Gasteiger charge is 2.14. The zero-order valence-electron chi connectivity index (χ0n) is 15.2. The summed E-state index contributed by atoms with van der Waals surface area (Å²) in [6.45, 7) is 0. The largest absolute Gasteiger partial charge is 0.288 e. The van der Waals surface area contributed by atoms with E-state index in [4.69, 9.17) is 0 Å². The molecule has 2 aromatic heterocycles. The topological polar surface area (TPSA) is 34.1 Å². The first-order chi connectivity index (χ1) is 14.5. The first kappa shape index (κ1) is 18.6. The molecule has 0 aliphatic rings. The highest BCUT2D eigenvalue weighted by atomic mass is 79.9. The van der Waals surface area contributed by atoms with E-state index < -0.39 is 0 Å². The van der Waals surface area contributed by atoms with Gasteiger partial charge < -0.3 is 0 Å². The minimum absolute atomic E-state index is 0.0835. The molecule has 0 fully saturated rings. The summed E-state index contributed by atoms with van der Waals surface area (Å²) < 4.78 is 4.94. The first-order valence-electron chi connectivity index (χ1n) is 9.16. The smallest absolute Gasteiger partial charge is 0.205 e. The summed E-state index contributed by atoms with van der Waals surface area (Å²) in [5.74, 6) is 0. The van der Waals surface area contributed by atoms with E-state index >= 15 is 0 Å². The molecule has 0 amide bonds. The van der Waals surface area contributed by atoms with E-state index in [0.29, 0.717) is 19.8 Å². The fourth-order valence-corrected chi connectivity index (χ4v) is 7.39. The van der Waals surface area contributed by atoms with Crippen LogP contribution >= 0.6 is 54.5 Å². The van der Waals surface area contributed by atoms with Crippen molar-refractivity contribution in [3.8, 4) is 0 Å². The van der Waals surface area contributed by atoms with Crippen LogP contribution in [0.25, 0.3) is 41.7 Å². The lowest BCUT2D eigenvalue weighted by molar-refractivity contribution is 1.59. The predicted octanol–water partition coefficient (Wildman–Crippen LogP) is 7.39. The van der Waals surface area contributed by atoms with E-state index in [1.165, 1.54) is 22.7 Å².